The summed E-state index contributed by atoms with van der Waals surface area (Å²) < 4.78 is 0.947. The molecule has 1 amide bonds. The van der Waals surface area contributed by atoms with Gasteiger partial charge in [0.2, 0.25) is 0 Å². The van der Waals surface area contributed by atoms with Crippen molar-refractivity contribution in [2.75, 3.05) is 6.54 Å². The molecule has 16 heavy (non-hydrogen) atoms. The predicted molar refractivity (Wildman–Crippen MR) is 63.8 cm³/mol. The lowest BCUT2D eigenvalue weighted by Crippen LogP contribution is -2.34. The van der Waals surface area contributed by atoms with E-state index in [0.717, 1.165) is 17.3 Å². The zero-order valence-corrected chi connectivity index (χ0v) is 10.3. The van der Waals surface area contributed by atoms with E-state index in [2.05, 4.69) is 22.0 Å². The third-order valence-corrected chi connectivity index (χ3v) is 3.28. The van der Waals surface area contributed by atoms with Crippen LogP contribution in [0.5, 0.6) is 0 Å². The van der Waals surface area contributed by atoms with Crippen molar-refractivity contribution in [3.05, 3.63) is 34.3 Å². The van der Waals surface area contributed by atoms with Gasteiger partial charge < -0.3 is 4.90 Å². The number of nitrogens with zero attached hydrogens (tertiary/aromatic N) is 2. The average Bonchev–Trinajstić information content (AvgIpc) is 2.77. The fourth-order valence-electron chi connectivity index (χ4n) is 1.90. The van der Waals surface area contributed by atoms with Gasteiger partial charge in [-0.05, 0) is 37.1 Å². The van der Waals surface area contributed by atoms with Gasteiger partial charge in [-0.3, -0.25) is 4.79 Å². The molecule has 1 aromatic rings. The molecule has 0 spiro atoms. The van der Waals surface area contributed by atoms with E-state index < -0.39 is 0 Å². The lowest BCUT2D eigenvalue weighted by Gasteiger charge is -2.19. The second-order valence-corrected chi connectivity index (χ2v) is 4.71. The molecule has 0 bridgehead atoms. The van der Waals surface area contributed by atoms with Gasteiger partial charge in [0.15, 0.2) is 0 Å². The summed E-state index contributed by atoms with van der Waals surface area (Å²) in [5.41, 5.74) is 0.644. The monoisotopic (exact) mass is 278 g/mol. The molecule has 1 saturated heterocycles. The van der Waals surface area contributed by atoms with Crippen molar-refractivity contribution >= 4 is 21.8 Å². The van der Waals surface area contributed by atoms with Crippen molar-refractivity contribution < 1.29 is 4.79 Å². The second-order valence-electron chi connectivity index (χ2n) is 3.79. The number of halogens is 1. The Bertz CT molecular complexity index is 435. The summed E-state index contributed by atoms with van der Waals surface area (Å²) in [6, 6.07) is 9.15. The molecule has 0 radical (unpaired) electrons. The van der Waals surface area contributed by atoms with Crippen LogP contribution in [0.1, 0.15) is 23.2 Å². The molecule has 1 fully saturated rings. The Morgan fingerprint density at radius 1 is 1.44 bits per heavy atom. The second kappa shape index (κ2) is 4.67. The van der Waals surface area contributed by atoms with Crippen LogP contribution in [0.25, 0.3) is 0 Å². The molecular weight excluding hydrogens is 268 g/mol. The number of rotatable bonds is 1. The average molecular weight is 279 g/mol. The van der Waals surface area contributed by atoms with Crippen LogP contribution >= 0.6 is 15.9 Å². The first-order valence-electron chi connectivity index (χ1n) is 5.18. The van der Waals surface area contributed by atoms with Crippen LogP contribution in [-0.2, 0) is 0 Å². The van der Waals surface area contributed by atoms with Crippen molar-refractivity contribution in [3.63, 3.8) is 0 Å². The predicted octanol–water partition coefficient (Wildman–Crippen LogP) is 2.58. The van der Waals surface area contributed by atoms with E-state index >= 15 is 0 Å². The van der Waals surface area contributed by atoms with Crippen LogP contribution in [0.2, 0.25) is 0 Å². The third-order valence-electron chi connectivity index (χ3n) is 2.75. The first-order valence-corrected chi connectivity index (χ1v) is 5.98. The Hall–Kier alpha value is -1.34. The molecule has 1 aromatic carbocycles. The molecule has 82 valence electrons. The van der Waals surface area contributed by atoms with Gasteiger partial charge in [0, 0.05) is 16.6 Å². The Balaban J connectivity index is 2.19. The number of nitriles is 1. The Labute approximate surface area is 103 Å². The Kier molecular flexibility index (Phi) is 3.25. The van der Waals surface area contributed by atoms with Gasteiger partial charge in [-0.1, -0.05) is 15.9 Å². The zero-order valence-electron chi connectivity index (χ0n) is 8.69. The van der Waals surface area contributed by atoms with Gasteiger partial charge in [-0.15, -0.1) is 0 Å². The summed E-state index contributed by atoms with van der Waals surface area (Å²) in [5.74, 6) is -0.0449. The summed E-state index contributed by atoms with van der Waals surface area (Å²) in [6.07, 6.45) is 1.71. The maximum atomic E-state index is 12.1. The van der Waals surface area contributed by atoms with E-state index in [-0.39, 0.29) is 11.9 Å². The molecule has 0 aromatic heterocycles. The SMILES string of the molecule is N#CC1CCCN1C(=O)c1ccc(Br)cc1. The molecule has 4 heteroatoms. The minimum absolute atomic E-state index is 0.0449. The van der Waals surface area contributed by atoms with E-state index in [0.29, 0.717) is 12.1 Å². The Morgan fingerprint density at radius 3 is 2.75 bits per heavy atom. The topological polar surface area (TPSA) is 44.1 Å². The standard InChI is InChI=1S/C12H11BrN2O/c13-10-5-3-9(4-6-10)12(16)15-7-1-2-11(15)8-14/h3-6,11H,1-2,7H2. The number of amides is 1. The smallest absolute Gasteiger partial charge is 0.254 e. The molecule has 0 saturated carbocycles. The minimum atomic E-state index is -0.254. The van der Waals surface area contributed by atoms with Gasteiger partial charge in [0.25, 0.3) is 5.91 Å². The number of carbonyl (C=O) groups is 1. The number of likely N-dealkylation sites (tertiary alicyclic amines) is 1. The first-order chi connectivity index (χ1) is 7.72. The van der Waals surface area contributed by atoms with Gasteiger partial charge in [-0.25, -0.2) is 0 Å². The third kappa shape index (κ3) is 2.10. The van der Waals surface area contributed by atoms with Crippen molar-refractivity contribution in [3.8, 4) is 6.07 Å². The molecule has 0 N–H and O–H groups in total. The van der Waals surface area contributed by atoms with E-state index in [1.165, 1.54) is 0 Å². The van der Waals surface area contributed by atoms with Crippen LogP contribution in [0.15, 0.2) is 28.7 Å². The minimum Gasteiger partial charge on any atom is -0.323 e. The van der Waals surface area contributed by atoms with Crippen LogP contribution < -0.4 is 0 Å². The fourth-order valence-corrected chi connectivity index (χ4v) is 2.17. The highest BCUT2D eigenvalue weighted by Crippen LogP contribution is 2.20. The van der Waals surface area contributed by atoms with E-state index in [9.17, 15) is 4.79 Å². The van der Waals surface area contributed by atoms with E-state index in [1.54, 1.807) is 17.0 Å². The molecule has 1 atom stereocenters. The zero-order chi connectivity index (χ0) is 11.5. The van der Waals surface area contributed by atoms with Crippen LogP contribution in [0.4, 0.5) is 0 Å². The van der Waals surface area contributed by atoms with Crippen molar-refractivity contribution in [1.82, 2.24) is 4.90 Å². The molecule has 1 heterocycles. The Morgan fingerprint density at radius 2 is 2.12 bits per heavy atom. The molecule has 1 unspecified atom stereocenters. The highest BCUT2D eigenvalue weighted by Gasteiger charge is 2.28. The van der Waals surface area contributed by atoms with Crippen molar-refractivity contribution in [1.29, 1.82) is 5.26 Å². The van der Waals surface area contributed by atoms with Gasteiger partial charge in [-0.2, -0.15) is 5.26 Å². The lowest BCUT2D eigenvalue weighted by atomic mass is 10.2. The van der Waals surface area contributed by atoms with E-state index in [1.807, 2.05) is 12.1 Å². The highest BCUT2D eigenvalue weighted by molar-refractivity contribution is 9.10. The summed E-state index contributed by atoms with van der Waals surface area (Å²) in [5, 5.41) is 8.92. The van der Waals surface area contributed by atoms with E-state index in [4.69, 9.17) is 5.26 Å². The van der Waals surface area contributed by atoms with Crippen molar-refractivity contribution in [2.24, 2.45) is 0 Å². The summed E-state index contributed by atoms with van der Waals surface area (Å²) in [7, 11) is 0. The van der Waals surface area contributed by atoms with Crippen LogP contribution in [0.3, 0.4) is 0 Å². The number of carbonyl (C=O) groups excluding carboxylic acids is 1. The normalized spacial score (nSPS) is 19.5. The summed E-state index contributed by atoms with van der Waals surface area (Å²) in [6.45, 7) is 0.688. The van der Waals surface area contributed by atoms with Gasteiger partial charge in [0.1, 0.15) is 6.04 Å². The van der Waals surface area contributed by atoms with Gasteiger partial charge >= 0.3 is 0 Å². The largest absolute Gasteiger partial charge is 0.323 e. The van der Waals surface area contributed by atoms with Gasteiger partial charge in [0.05, 0.1) is 6.07 Å². The highest BCUT2D eigenvalue weighted by atomic mass is 79.9. The maximum absolute atomic E-state index is 12.1. The lowest BCUT2D eigenvalue weighted by molar-refractivity contribution is 0.0765. The maximum Gasteiger partial charge on any atom is 0.254 e. The molecule has 1 aliphatic heterocycles. The number of hydrogen-bond acceptors (Lipinski definition) is 2. The van der Waals surface area contributed by atoms with Crippen molar-refractivity contribution in [2.45, 2.75) is 18.9 Å². The quantitative estimate of drug-likeness (QED) is 0.793. The summed E-state index contributed by atoms with van der Waals surface area (Å²) >= 11 is 3.33. The molecule has 3 nitrogen and oxygen atoms in total. The van der Waals surface area contributed by atoms with Crippen LogP contribution in [-0.4, -0.2) is 23.4 Å². The number of hydrogen-bond donors (Lipinski definition) is 0. The fraction of sp³-hybridized carbons (Fsp3) is 0.333. The molecule has 0 aliphatic carbocycles. The number of benzene rings is 1. The first kappa shape index (κ1) is 11.2. The molecule has 1 aliphatic rings. The molecule has 2 rings (SSSR count). The summed E-state index contributed by atoms with van der Waals surface area (Å²) in [4.78, 5) is 13.7. The molecular formula is C12H11BrN2O. The van der Waals surface area contributed by atoms with Crippen LogP contribution in [0, 0.1) is 11.3 Å².